The molecule has 0 aliphatic carbocycles. The molecule has 1 aromatic heterocycles. The van der Waals surface area contributed by atoms with Crippen LogP contribution in [0.4, 0.5) is 5.95 Å². The second-order valence-corrected chi connectivity index (χ2v) is 4.80. The predicted octanol–water partition coefficient (Wildman–Crippen LogP) is 2.60. The highest BCUT2D eigenvalue weighted by molar-refractivity contribution is 7.98. The van der Waals surface area contributed by atoms with Crippen LogP contribution in [0.1, 0.15) is 30.7 Å². The van der Waals surface area contributed by atoms with E-state index in [0.29, 0.717) is 11.6 Å². The van der Waals surface area contributed by atoms with Crippen LogP contribution in [0.15, 0.2) is 6.07 Å². The molecule has 0 aliphatic heterocycles. The minimum atomic E-state index is 0.419. The summed E-state index contributed by atoms with van der Waals surface area (Å²) in [5.41, 5.74) is 1.24. The third-order valence-corrected chi connectivity index (χ3v) is 2.97. The van der Waals surface area contributed by atoms with Gasteiger partial charge in [-0.3, -0.25) is 0 Å². The molecule has 0 bridgehead atoms. The molecule has 0 aromatic carbocycles. The molecular formula is C12H18N4S. The van der Waals surface area contributed by atoms with Crippen molar-refractivity contribution < 1.29 is 0 Å². The number of rotatable bonds is 7. The van der Waals surface area contributed by atoms with Gasteiger partial charge in [0.2, 0.25) is 5.95 Å². The van der Waals surface area contributed by atoms with Crippen molar-refractivity contribution in [1.29, 1.82) is 5.26 Å². The van der Waals surface area contributed by atoms with Crippen molar-refractivity contribution in [2.24, 2.45) is 0 Å². The van der Waals surface area contributed by atoms with Crippen molar-refractivity contribution in [3.63, 3.8) is 0 Å². The highest BCUT2D eigenvalue weighted by atomic mass is 32.2. The van der Waals surface area contributed by atoms with E-state index in [2.05, 4.69) is 21.5 Å². The van der Waals surface area contributed by atoms with Crippen LogP contribution in [0.5, 0.6) is 0 Å². The summed E-state index contributed by atoms with van der Waals surface area (Å²) in [6.45, 7) is 2.73. The largest absolute Gasteiger partial charge is 0.354 e. The van der Waals surface area contributed by atoms with E-state index < -0.39 is 0 Å². The molecule has 5 heteroatoms. The lowest BCUT2D eigenvalue weighted by atomic mass is 10.2. The Morgan fingerprint density at radius 2 is 2.18 bits per heavy atom. The number of thioether (sulfide) groups is 1. The lowest BCUT2D eigenvalue weighted by molar-refractivity contribution is 0.745. The Morgan fingerprint density at radius 1 is 1.35 bits per heavy atom. The van der Waals surface area contributed by atoms with Crippen LogP contribution in [-0.2, 0) is 0 Å². The smallest absolute Gasteiger partial charge is 0.224 e. The van der Waals surface area contributed by atoms with Crippen LogP contribution >= 0.6 is 11.8 Å². The standard InChI is InChI=1S/C12H18N4S/c1-10-8-11(9-13)16-12(15-10)14-6-4-3-5-7-17-2/h8H,3-7H2,1-2H3,(H,14,15,16). The molecule has 0 unspecified atom stereocenters. The van der Waals surface area contributed by atoms with Crippen LogP contribution in [0.25, 0.3) is 0 Å². The van der Waals surface area contributed by atoms with Gasteiger partial charge in [-0.25, -0.2) is 9.97 Å². The molecule has 1 N–H and O–H groups in total. The van der Waals surface area contributed by atoms with Gasteiger partial charge in [0.1, 0.15) is 11.8 Å². The summed E-state index contributed by atoms with van der Waals surface area (Å²) in [6, 6.07) is 3.72. The van der Waals surface area contributed by atoms with Crippen LogP contribution in [0.2, 0.25) is 0 Å². The Morgan fingerprint density at radius 3 is 2.88 bits per heavy atom. The number of aromatic nitrogens is 2. The van der Waals surface area contributed by atoms with Crippen molar-refractivity contribution in [1.82, 2.24) is 9.97 Å². The average Bonchev–Trinajstić information content (AvgIpc) is 2.33. The van der Waals surface area contributed by atoms with Gasteiger partial charge in [0.05, 0.1) is 0 Å². The molecule has 0 aliphatic rings. The van der Waals surface area contributed by atoms with E-state index in [4.69, 9.17) is 5.26 Å². The Kier molecular flexibility index (Phi) is 6.41. The maximum atomic E-state index is 8.78. The minimum Gasteiger partial charge on any atom is -0.354 e. The quantitative estimate of drug-likeness (QED) is 0.754. The Hall–Kier alpha value is -1.28. The zero-order valence-electron chi connectivity index (χ0n) is 10.4. The number of nitrogens with zero attached hydrogens (tertiary/aromatic N) is 3. The van der Waals surface area contributed by atoms with E-state index >= 15 is 0 Å². The maximum absolute atomic E-state index is 8.78. The summed E-state index contributed by atoms with van der Waals surface area (Å²) >= 11 is 1.88. The first-order valence-corrected chi connectivity index (χ1v) is 7.14. The first-order valence-electron chi connectivity index (χ1n) is 5.75. The molecular weight excluding hydrogens is 232 g/mol. The molecule has 1 heterocycles. The number of hydrogen-bond donors (Lipinski definition) is 1. The summed E-state index contributed by atoms with van der Waals surface area (Å²) in [6.07, 6.45) is 5.70. The molecule has 0 spiro atoms. The summed E-state index contributed by atoms with van der Waals surface area (Å²) in [5, 5.41) is 11.9. The van der Waals surface area contributed by atoms with E-state index in [1.54, 1.807) is 6.07 Å². The normalized spacial score (nSPS) is 9.94. The summed E-state index contributed by atoms with van der Waals surface area (Å²) < 4.78 is 0. The van der Waals surface area contributed by atoms with Crippen molar-refractivity contribution in [2.45, 2.75) is 26.2 Å². The van der Waals surface area contributed by atoms with Gasteiger partial charge in [0.25, 0.3) is 0 Å². The number of anilines is 1. The van der Waals surface area contributed by atoms with Gasteiger partial charge in [-0.05, 0) is 37.8 Å². The first-order chi connectivity index (χ1) is 8.26. The molecule has 0 saturated heterocycles. The third-order valence-electron chi connectivity index (χ3n) is 2.28. The Bertz CT molecular complexity index is 387. The zero-order chi connectivity index (χ0) is 12.5. The van der Waals surface area contributed by atoms with Gasteiger partial charge in [0.15, 0.2) is 0 Å². The van der Waals surface area contributed by atoms with Crippen molar-refractivity contribution in [3.05, 3.63) is 17.5 Å². The van der Waals surface area contributed by atoms with Gasteiger partial charge >= 0.3 is 0 Å². The molecule has 1 rings (SSSR count). The zero-order valence-corrected chi connectivity index (χ0v) is 11.2. The molecule has 0 amide bonds. The lowest BCUT2D eigenvalue weighted by Gasteiger charge is -2.05. The van der Waals surface area contributed by atoms with Gasteiger partial charge in [-0.1, -0.05) is 6.42 Å². The number of nitrogens with one attached hydrogen (secondary N) is 1. The Balaban J connectivity index is 2.32. The second-order valence-electron chi connectivity index (χ2n) is 3.81. The van der Waals surface area contributed by atoms with E-state index in [1.165, 1.54) is 18.6 Å². The summed E-state index contributed by atoms with van der Waals surface area (Å²) in [5.74, 6) is 1.78. The molecule has 0 atom stereocenters. The van der Waals surface area contributed by atoms with E-state index in [-0.39, 0.29) is 0 Å². The van der Waals surface area contributed by atoms with Crippen LogP contribution in [-0.4, -0.2) is 28.5 Å². The highest BCUT2D eigenvalue weighted by Crippen LogP contribution is 2.05. The number of hydrogen-bond acceptors (Lipinski definition) is 5. The fraction of sp³-hybridized carbons (Fsp3) is 0.583. The van der Waals surface area contributed by atoms with E-state index in [1.807, 2.05) is 24.8 Å². The third kappa shape index (κ3) is 5.55. The monoisotopic (exact) mass is 250 g/mol. The summed E-state index contributed by atoms with van der Waals surface area (Å²) in [7, 11) is 0. The molecule has 0 saturated carbocycles. The fourth-order valence-corrected chi connectivity index (χ4v) is 1.95. The lowest BCUT2D eigenvalue weighted by Crippen LogP contribution is -2.07. The molecule has 4 nitrogen and oxygen atoms in total. The predicted molar refractivity (Wildman–Crippen MR) is 72.2 cm³/mol. The van der Waals surface area contributed by atoms with Crippen LogP contribution in [0.3, 0.4) is 0 Å². The van der Waals surface area contributed by atoms with E-state index in [9.17, 15) is 0 Å². The molecule has 0 radical (unpaired) electrons. The highest BCUT2D eigenvalue weighted by Gasteiger charge is 2.00. The average molecular weight is 250 g/mol. The van der Waals surface area contributed by atoms with Crippen molar-refractivity contribution >= 4 is 17.7 Å². The second kappa shape index (κ2) is 7.91. The molecule has 17 heavy (non-hydrogen) atoms. The van der Waals surface area contributed by atoms with Crippen molar-refractivity contribution in [3.8, 4) is 6.07 Å². The van der Waals surface area contributed by atoms with Crippen molar-refractivity contribution in [2.75, 3.05) is 23.9 Å². The fourth-order valence-electron chi connectivity index (χ4n) is 1.45. The maximum Gasteiger partial charge on any atom is 0.224 e. The number of nitriles is 1. The van der Waals surface area contributed by atoms with Gasteiger partial charge in [-0.15, -0.1) is 0 Å². The van der Waals surface area contributed by atoms with Gasteiger partial charge in [0, 0.05) is 12.2 Å². The van der Waals surface area contributed by atoms with E-state index in [0.717, 1.165) is 18.7 Å². The van der Waals surface area contributed by atoms with Gasteiger partial charge < -0.3 is 5.32 Å². The Labute approximate surface area is 107 Å². The van der Waals surface area contributed by atoms with Crippen LogP contribution in [0, 0.1) is 18.3 Å². The number of aryl methyl sites for hydroxylation is 1. The number of unbranched alkanes of at least 4 members (excludes halogenated alkanes) is 2. The molecule has 0 fully saturated rings. The summed E-state index contributed by atoms with van der Waals surface area (Å²) in [4.78, 5) is 8.34. The van der Waals surface area contributed by atoms with Crippen LogP contribution < -0.4 is 5.32 Å². The first kappa shape index (κ1) is 13.8. The molecule has 92 valence electrons. The SMILES string of the molecule is CSCCCCCNc1nc(C)cc(C#N)n1. The minimum absolute atomic E-state index is 0.419. The van der Waals surface area contributed by atoms with Gasteiger partial charge in [-0.2, -0.15) is 17.0 Å². The topological polar surface area (TPSA) is 61.6 Å². The molecule has 1 aromatic rings.